The molecule has 0 bridgehead atoms. The summed E-state index contributed by atoms with van der Waals surface area (Å²) in [5.41, 5.74) is 2.08. The van der Waals surface area contributed by atoms with Gasteiger partial charge in [-0.3, -0.25) is 0 Å². The quantitative estimate of drug-likeness (QED) is 0.341. The van der Waals surface area contributed by atoms with Gasteiger partial charge in [0.15, 0.2) is 0 Å². The number of aromatic nitrogens is 4. The van der Waals surface area contributed by atoms with Crippen molar-refractivity contribution in [1.82, 2.24) is 20.1 Å². The monoisotopic (exact) mass is 402 g/mol. The first-order chi connectivity index (χ1) is 13.4. The summed E-state index contributed by atoms with van der Waals surface area (Å²) >= 11 is 1.10. The van der Waals surface area contributed by atoms with E-state index in [9.17, 15) is 13.2 Å². The molecule has 142 valence electrons. The van der Waals surface area contributed by atoms with Crippen LogP contribution < -0.4 is 0 Å². The minimum Gasteiger partial charge on any atom is -0.338 e. The van der Waals surface area contributed by atoms with Gasteiger partial charge in [0.1, 0.15) is 5.03 Å². The summed E-state index contributed by atoms with van der Waals surface area (Å²) in [4.78, 5) is 11.7. The van der Waals surface area contributed by atoms with Gasteiger partial charge in [-0.15, -0.1) is 0 Å². The number of benzene rings is 2. The van der Waals surface area contributed by atoms with Crippen LogP contribution in [0.3, 0.4) is 0 Å². The van der Waals surface area contributed by atoms with Crippen molar-refractivity contribution < 1.29 is 17.7 Å². The number of hydrogen-bond donors (Lipinski definition) is 0. The van der Waals surface area contributed by atoms with E-state index >= 15 is 0 Å². The number of para-hydroxylation sites is 1. The van der Waals surface area contributed by atoms with Crippen molar-refractivity contribution in [3.05, 3.63) is 65.8 Å². The predicted molar refractivity (Wildman–Crippen MR) is 98.6 cm³/mol. The summed E-state index contributed by atoms with van der Waals surface area (Å²) in [6.45, 7) is 1.94. The van der Waals surface area contributed by atoms with Gasteiger partial charge in [-0.1, -0.05) is 59.4 Å². The number of aryl methyl sites for hydroxylation is 1. The lowest BCUT2D eigenvalue weighted by Gasteiger charge is -2.09. The fourth-order valence-corrected chi connectivity index (χ4v) is 3.52. The molecule has 0 unspecified atom stereocenters. The number of rotatable bonds is 4. The third-order valence-corrected chi connectivity index (χ3v) is 4.98. The maximum absolute atomic E-state index is 13.1. The molecule has 9 heteroatoms. The molecule has 0 aliphatic heterocycles. The lowest BCUT2D eigenvalue weighted by atomic mass is 10.1. The van der Waals surface area contributed by atoms with Crippen LogP contribution in [-0.4, -0.2) is 20.1 Å². The molecule has 5 nitrogen and oxygen atoms in total. The lowest BCUT2D eigenvalue weighted by Crippen LogP contribution is -2.11. The molecule has 28 heavy (non-hydrogen) atoms. The van der Waals surface area contributed by atoms with Crippen LogP contribution in [0.4, 0.5) is 13.2 Å². The van der Waals surface area contributed by atoms with Gasteiger partial charge in [0, 0.05) is 10.9 Å². The van der Waals surface area contributed by atoms with Crippen molar-refractivity contribution in [3.8, 4) is 11.4 Å². The van der Waals surface area contributed by atoms with Crippen LogP contribution in [0.2, 0.25) is 0 Å². The molecule has 0 fully saturated rings. The zero-order chi connectivity index (χ0) is 19.7. The van der Waals surface area contributed by atoms with Crippen molar-refractivity contribution in [2.75, 3.05) is 0 Å². The fourth-order valence-electron chi connectivity index (χ4n) is 2.66. The van der Waals surface area contributed by atoms with E-state index in [1.807, 2.05) is 31.2 Å². The molecule has 0 aliphatic carbocycles. The predicted octanol–water partition coefficient (Wildman–Crippen LogP) is 5.30. The summed E-state index contributed by atoms with van der Waals surface area (Å²) < 4.78 is 44.6. The number of alkyl halides is 3. The van der Waals surface area contributed by atoms with Crippen LogP contribution >= 0.6 is 11.8 Å². The Bertz CT molecular complexity index is 1140. The van der Waals surface area contributed by atoms with Crippen molar-refractivity contribution >= 4 is 22.7 Å². The third kappa shape index (κ3) is 3.70. The molecular weight excluding hydrogens is 389 g/mol. The second-order valence-corrected chi connectivity index (χ2v) is 6.95. The van der Waals surface area contributed by atoms with Crippen molar-refractivity contribution in [2.24, 2.45) is 0 Å². The van der Waals surface area contributed by atoms with Gasteiger partial charge >= 0.3 is 6.18 Å². The molecule has 0 N–H and O–H groups in total. The topological polar surface area (TPSA) is 64.7 Å². The van der Waals surface area contributed by atoms with Crippen LogP contribution in [0.1, 0.15) is 17.3 Å². The second kappa shape index (κ2) is 7.23. The number of halogens is 3. The molecule has 0 saturated carbocycles. The fraction of sp³-hybridized carbons (Fsp3) is 0.158. The Kier molecular flexibility index (Phi) is 4.76. The van der Waals surface area contributed by atoms with Gasteiger partial charge in [0.05, 0.1) is 11.3 Å². The molecule has 0 amide bonds. The highest BCUT2D eigenvalue weighted by atomic mass is 32.2. The molecule has 0 saturated heterocycles. The summed E-state index contributed by atoms with van der Waals surface area (Å²) in [6, 6.07) is 14.2. The first-order valence-corrected chi connectivity index (χ1v) is 9.26. The Labute approximate surface area is 162 Å². The van der Waals surface area contributed by atoms with Gasteiger partial charge in [0.25, 0.3) is 0 Å². The van der Waals surface area contributed by atoms with E-state index in [1.165, 1.54) is 6.07 Å². The molecule has 4 aromatic rings. The van der Waals surface area contributed by atoms with Crippen LogP contribution in [0.25, 0.3) is 22.3 Å². The van der Waals surface area contributed by atoms with E-state index < -0.39 is 12.0 Å². The van der Waals surface area contributed by atoms with Crippen LogP contribution in [0.15, 0.2) is 58.1 Å². The zero-order valence-electron chi connectivity index (χ0n) is 14.6. The molecule has 0 aliphatic rings. The Morgan fingerprint density at radius 2 is 1.71 bits per heavy atom. The summed E-state index contributed by atoms with van der Waals surface area (Å²) in [5.74, 6) is -0.228. The van der Waals surface area contributed by atoms with E-state index in [1.54, 1.807) is 18.2 Å². The SMILES string of the molecule is Cc1ccccc1-c1noc(CSc2nc(C(F)(F)F)nc3ccccc23)n1. The lowest BCUT2D eigenvalue weighted by molar-refractivity contribution is -0.145. The van der Waals surface area contributed by atoms with E-state index in [0.29, 0.717) is 17.1 Å². The van der Waals surface area contributed by atoms with Crippen LogP contribution in [0.5, 0.6) is 0 Å². The molecule has 2 heterocycles. The smallest absolute Gasteiger partial charge is 0.338 e. The second-order valence-electron chi connectivity index (χ2n) is 5.98. The Balaban J connectivity index is 1.62. The largest absolute Gasteiger partial charge is 0.451 e. The van der Waals surface area contributed by atoms with E-state index in [2.05, 4.69) is 20.1 Å². The highest BCUT2D eigenvalue weighted by Gasteiger charge is 2.35. The highest BCUT2D eigenvalue weighted by molar-refractivity contribution is 7.98. The number of nitrogens with zero attached hydrogens (tertiary/aromatic N) is 4. The Morgan fingerprint density at radius 3 is 2.50 bits per heavy atom. The highest BCUT2D eigenvalue weighted by Crippen LogP contribution is 2.33. The standard InChI is InChI=1S/C19H13F3N4OS/c1-11-6-2-3-7-12(11)16-24-15(27-26-16)10-28-17-13-8-4-5-9-14(13)23-18(25-17)19(20,21)22/h2-9H,10H2,1H3. The summed E-state index contributed by atoms with van der Waals surface area (Å²) in [5, 5.41) is 4.72. The van der Waals surface area contributed by atoms with Gasteiger partial charge in [-0.05, 0) is 18.6 Å². The average molecular weight is 402 g/mol. The van der Waals surface area contributed by atoms with Gasteiger partial charge < -0.3 is 4.52 Å². The van der Waals surface area contributed by atoms with Crippen LogP contribution in [-0.2, 0) is 11.9 Å². The van der Waals surface area contributed by atoms with E-state index in [0.717, 1.165) is 22.9 Å². The zero-order valence-corrected chi connectivity index (χ0v) is 15.4. The Hall–Kier alpha value is -2.94. The molecule has 0 radical (unpaired) electrons. The number of thioether (sulfide) groups is 1. The molecule has 4 rings (SSSR count). The maximum atomic E-state index is 13.1. The summed E-state index contributed by atoms with van der Waals surface area (Å²) in [6.07, 6.45) is -4.62. The van der Waals surface area contributed by atoms with E-state index in [4.69, 9.17) is 4.52 Å². The maximum Gasteiger partial charge on any atom is 0.451 e. The first-order valence-electron chi connectivity index (χ1n) is 8.27. The third-order valence-electron chi connectivity index (χ3n) is 4.01. The van der Waals surface area contributed by atoms with Crippen molar-refractivity contribution in [3.63, 3.8) is 0 Å². The van der Waals surface area contributed by atoms with Gasteiger partial charge in [-0.2, -0.15) is 18.2 Å². The van der Waals surface area contributed by atoms with Gasteiger partial charge in [-0.25, -0.2) is 9.97 Å². The van der Waals surface area contributed by atoms with Crippen molar-refractivity contribution in [1.29, 1.82) is 0 Å². The molecular formula is C19H13F3N4OS. The normalized spacial score (nSPS) is 11.9. The minimum absolute atomic E-state index is 0.192. The van der Waals surface area contributed by atoms with Crippen molar-refractivity contribution in [2.45, 2.75) is 23.9 Å². The molecule has 0 spiro atoms. The number of hydrogen-bond acceptors (Lipinski definition) is 6. The first kappa shape index (κ1) is 18.4. The number of fused-ring (bicyclic) bond motifs is 1. The Morgan fingerprint density at radius 1 is 0.964 bits per heavy atom. The minimum atomic E-state index is -4.62. The molecule has 0 atom stereocenters. The van der Waals surface area contributed by atoms with Gasteiger partial charge in [0.2, 0.25) is 17.5 Å². The van der Waals surface area contributed by atoms with Crippen LogP contribution in [0, 0.1) is 6.92 Å². The average Bonchev–Trinajstić information content (AvgIpc) is 3.14. The molecule has 2 aromatic carbocycles. The molecule has 2 aromatic heterocycles. The van der Waals surface area contributed by atoms with E-state index in [-0.39, 0.29) is 16.3 Å². The summed E-state index contributed by atoms with van der Waals surface area (Å²) in [7, 11) is 0.